The van der Waals surface area contributed by atoms with Gasteiger partial charge in [0.15, 0.2) is 0 Å². The molecule has 0 aromatic heterocycles. The molecule has 0 atom stereocenters. The fraction of sp³-hybridized carbons (Fsp3) is 0.321. The number of methoxy groups -OCH3 is 1. The fourth-order valence-corrected chi connectivity index (χ4v) is 3.77. The Morgan fingerprint density at radius 3 is 2.65 bits per heavy atom. The molecular weight excluding hydrogens is 424 g/mol. The molecule has 0 bridgehead atoms. The van der Waals surface area contributed by atoms with Crippen molar-refractivity contribution in [1.82, 2.24) is 5.32 Å². The molecule has 0 amide bonds. The third-order valence-electron chi connectivity index (χ3n) is 5.56. The van der Waals surface area contributed by atoms with E-state index in [2.05, 4.69) is 53.0 Å². The molecule has 6 heteroatoms. The molecule has 0 spiro atoms. The molecule has 1 aliphatic heterocycles. The van der Waals surface area contributed by atoms with Crippen molar-refractivity contribution in [2.24, 2.45) is 10.7 Å². The van der Waals surface area contributed by atoms with Crippen molar-refractivity contribution in [3.05, 3.63) is 90.2 Å². The summed E-state index contributed by atoms with van der Waals surface area (Å²) >= 11 is 0. The van der Waals surface area contributed by atoms with Gasteiger partial charge in [-0.25, -0.2) is 0 Å². The molecule has 1 heterocycles. The van der Waals surface area contributed by atoms with Gasteiger partial charge in [0.05, 0.1) is 26.9 Å². The molecule has 0 saturated carbocycles. The average molecular weight is 461 g/mol. The van der Waals surface area contributed by atoms with E-state index < -0.39 is 0 Å². The number of allylic oxidation sites excluding steroid dienone is 3. The number of nitrogens with zero attached hydrogens (tertiary/aromatic N) is 2. The van der Waals surface area contributed by atoms with Crippen LogP contribution in [0, 0.1) is 0 Å². The zero-order chi connectivity index (χ0) is 24.2. The minimum Gasteiger partial charge on any atom is -0.497 e. The van der Waals surface area contributed by atoms with Crippen molar-refractivity contribution >= 4 is 17.2 Å². The number of morpholine rings is 1. The Morgan fingerprint density at radius 1 is 1.21 bits per heavy atom. The summed E-state index contributed by atoms with van der Waals surface area (Å²) in [5.74, 6) is 1.30. The van der Waals surface area contributed by atoms with Crippen LogP contribution in [0.5, 0.6) is 5.75 Å². The molecule has 2 aromatic rings. The van der Waals surface area contributed by atoms with E-state index >= 15 is 0 Å². The molecule has 6 nitrogen and oxygen atoms in total. The number of benzene rings is 2. The van der Waals surface area contributed by atoms with Crippen LogP contribution in [0.2, 0.25) is 0 Å². The molecule has 2 aromatic carbocycles. The van der Waals surface area contributed by atoms with Crippen LogP contribution >= 0.6 is 0 Å². The van der Waals surface area contributed by atoms with Crippen LogP contribution in [-0.4, -0.2) is 39.2 Å². The Hall–Kier alpha value is -3.51. The lowest BCUT2D eigenvalue weighted by Gasteiger charge is -2.28. The lowest BCUT2D eigenvalue weighted by Crippen LogP contribution is -2.36. The minimum atomic E-state index is 0.497. The zero-order valence-corrected chi connectivity index (χ0v) is 20.3. The summed E-state index contributed by atoms with van der Waals surface area (Å²) in [6.07, 6.45) is 7.46. The molecular formula is C28H36N4O2. The van der Waals surface area contributed by atoms with Crippen molar-refractivity contribution < 1.29 is 9.47 Å². The van der Waals surface area contributed by atoms with Gasteiger partial charge in [-0.15, -0.1) is 0 Å². The molecule has 1 saturated heterocycles. The van der Waals surface area contributed by atoms with Gasteiger partial charge >= 0.3 is 0 Å². The van der Waals surface area contributed by atoms with Gasteiger partial charge in [-0.3, -0.25) is 4.99 Å². The number of hydrogen-bond acceptors (Lipinski definition) is 5. The summed E-state index contributed by atoms with van der Waals surface area (Å²) in [6, 6.07) is 16.4. The maximum absolute atomic E-state index is 6.29. The number of aliphatic imine (C=N–C) groups is 1. The van der Waals surface area contributed by atoms with E-state index in [0.717, 1.165) is 67.4 Å². The van der Waals surface area contributed by atoms with Crippen molar-refractivity contribution in [2.75, 3.05) is 38.3 Å². The van der Waals surface area contributed by atoms with Gasteiger partial charge in [-0.2, -0.15) is 0 Å². The van der Waals surface area contributed by atoms with Gasteiger partial charge in [0.25, 0.3) is 0 Å². The predicted molar refractivity (Wildman–Crippen MR) is 142 cm³/mol. The first kappa shape index (κ1) is 25.1. The molecule has 1 aliphatic rings. The van der Waals surface area contributed by atoms with E-state index in [4.69, 9.17) is 15.2 Å². The normalized spacial score (nSPS) is 15.2. The molecule has 34 heavy (non-hydrogen) atoms. The summed E-state index contributed by atoms with van der Waals surface area (Å²) in [5, 5.41) is 3.52. The second kappa shape index (κ2) is 13.3. The minimum absolute atomic E-state index is 0.497. The van der Waals surface area contributed by atoms with Crippen LogP contribution in [0.3, 0.4) is 0 Å². The Bertz CT molecular complexity index is 1020. The molecule has 180 valence electrons. The highest BCUT2D eigenvalue weighted by molar-refractivity contribution is 5.92. The summed E-state index contributed by atoms with van der Waals surface area (Å²) in [5.41, 5.74) is 11.6. The van der Waals surface area contributed by atoms with Gasteiger partial charge in [-0.05, 0) is 48.4 Å². The van der Waals surface area contributed by atoms with Crippen molar-refractivity contribution in [3.63, 3.8) is 0 Å². The number of rotatable bonds is 11. The maximum atomic E-state index is 6.29. The van der Waals surface area contributed by atoms with Crippen LogP contribution in [-0.2, 0) is 11.3 Å². The number of nitrogens with one attached hydrogen (secondary N) is 1. The standard InChI is InChI=1S/C28H36N4O2/c1-4-7-24(31-27(8-5-2)23-9-6-10-26(19-23)33-3)20-28(29)30-21-22-11-13-25(14-12-22)32-15-17-34-18-16-32/h5-6,8-14,19-20,31H,2,4,7,15-18,21H2,1,3H3,(H2,29,30)/b24-20?,27-8-. The van der Waals surface area contributed by atoms with Crippen LogP contribution in [0.25, 0.3) is 5.70 Å². The highest BCUT2D eigenvalue weighted by atomic mass is 16.5. The summed E-state index contributed by atoms with van der Waals surface area (Å²) < 4.78 is 10.8. The lowest BCUT2D eigenvalue weighted by atomic mass is 10.1. The molecule has 0 unspecified atom stereocenters. The number of hydrogen-bond donors (Lipinski definition) is 2. The average Bonchev–Trinajstić information content (AvgIpc) is 2.88. The zero-order valence-electron chi connectivity index (χ0n) is 20.3. The van der Waals surface area contributed by atoms with Crippen molar-refractivity contribution in [3.8, 4) is 5.75 Å². The number of amidine groups is 1. The highest BCUT2D eigenvalue weighted by Crippen LogP contribution is 2.21. The largest absolute Gasteiger partial charge is 0.497 e. The SMILES string of the molecule is C=C/C=C(\NC(=CC(N)=NCc1ccc(N2CCOCC2)cc1)CCC)c1cccc(OC)c1. The second-order valence-electron chi connectivity index (χ2n) is 8.10. The van der Waals surface area contributed by atoms with Gasteiger partial charge < -0.3 is 25.4 Å². The van der Waals surface area contributed by atoms with Gasteiger partial charge in [0, 0.05) is 35.7 Å². The van der Waals surface area contributed by atoms with Gasteiger partial charge in [0.2, 0.25) is 0 Å². The van der Waals surface area contributed by atoms with E-state index in [9.17, 15) is 0 Å². The molecule has 0 radical (unpaired) electrons. The first-order valence-corrected chi connectivity index (χ1v) is 11.8. The molecule has 3 rings (SSSR count). The third kappa shape index (κ3) is 7.52. The number of ether oxygens (including phenoxy) is 2. The Kier molecular flexibility index (Phi) is 9.80. The molecule has 0 aliphatic carbocycles. The predicted octanol–water partition coefficient (Wildman–Crippen LogP) is 4.89. The lowest BCUT2D eigenvalue weighted by molar-refractivity contribution is 0.122. The smallest absolute Gasteiger partial charge is 0.120 e. The van der Waals surface area contributed by atoms with E-state index in [1.807, 2.05) is 36.4 Å². The Labute approximate surface area is 203 Å². The summed E-state index contributed by atoms with van der Waals surface area (Å²) in [4.78, 5) is 6.94. The van der Waals surface area contributed by atoms with Crippen LogP contribution < -0.4 is 20.7 Å². The van der Waals surface area contributed by atoms with E-state index in [0.29, 0.717) is 12.4 Å². The van der Waals surface area contributed by atoms with E-state index in [1.54, 1.807) is 13.2 Å². The molecule has 1 fully saturated rings. The first-order chi connectivity index (χ1) is 16.6. The number of nitrogens with two attached hydrogens (primary N) is 1. The van der Waals surface area contributed by atoms with Gasteiger partial charge in [-0.1, -0.05) is 50.3 Å². The third-order valence-corrected chi connectivity index (χ3v) is 5.56. The van der Waals surface area contributed by atoms with Crippen LogP contribution in [0.4, 0.5) is 5.69 Å². The first-order valence-electron chi connectivity index (χ1n) is 11.8. The van der Waals surface area contributed by atoms with Crippen molar-refractivity contribution in [2.45, 2.75) is 26.3 Å². The second-order valence-corrected chi connectivity index (χ2v) is 8.10. The Balaban J connectivity index is 1.69. The van der Waals surface area contributed by atoms with Crippen LogP contribution in [0.15, 0.2) is 84.0 Å². The topological polar surface area (TPSA) is 72.1 Å². The highest BCUT2D eigenvalue weighted by Gasteiger charge is 2.10. The van der Waals surface area contributed by atoms with Gasteiger partial charge in [0.1, 0.15) is 11.6 Å². The number of anilines is 1. The Morgan fingerprint density at radius 2 is 1.97 bits per heavy atom. The van der Waals surface area contributed by atoms with E-state index in [-0.39, 0.29) is 0 Å². The van der Waals surface area contributed by atoms with Crippen molar-refractivity contribution in [1.29, 1.82) is 0 Å². The van der Waals surface area contributed by atoms with Crippen LogP contribution in [0.1, 0.15) is 30.9 Å². The quantitative estimate of drug-likeness (QED) is 0.284. The summed E-state index contributed by atoms with van der Waals surface area (Å²) in [6.45, 7) is 9.96. The van der Waals surface area contributed by atoms with E-state index in [1.165, 1.54) is 5.69 Å². The molecule has 3 N–H and O–H groups in total. The monoisotopic (exact) mass is 460 g/mol. The summed E-state index contributed by atoms with van der Waals surface area (Å²) in [7, 11) is 1.67. The fourth-order valence-electron chi connectivity index (χ4n) is 3.77. The maximum Gasteiger partial charge on any atom is 0.120 e.